The Morgan fingerprint density at radius 2 is 2.06 bits per heavy atom. The van der Waals surface area contributed by atoms with Gasteiger partial charge in [-0.15, -0.1) is 0 Å². The van der Waals surface area contributed by atoms with Crippen LogP contribution in [0.1, 0.15) is 20.3 Å². The van der Waals surface area contributed by atoms with Crippen molar-refractivity contribution < 1.29 is 4.74 Å². The van der Waals surface area contributed by atoms with Crippen molar-refractivity contribution in [2.24, 2.45) is 5.73 Å². The predicted octanol–water partition coefficient (Wildman–Crippen LogP) is 1.53. The summed E-state index contributed by atoms with van der Waals surface area (Å²) in [5, 5.41) is 0. The van der Waals surface area contributed by atoms with Gasteiger partial charge < -0.3 is 10.5 Å². The average Bonchev–Trinajstić information content (AvgIpc) is 2.36. The number of pyridine rings is 1. The van der Waals surface area contributed by atoms with Gasteiger partial charge in [0.05, 0.1) is 0 Å². The van der Waals surface area contributed by atoms with Crippen LogP contribution >= 0.6 is 0 Å². The van der Waals surface area contributed by atoms with Crippen LogP contribution in [-0.2, 0) is 0 Å². The molecule has 5 nitrogen and oxygen atoms in total. The second-order valence-electron chi connectivity index (χ2n) is 4.34. The normalized spacial score (nSPS) is 14.5. The molecule has 1 atom stereocenters. The first-order chi connectivity index (χ1) is 8.11. The van der Waals surface area contributed by atoms with E-state index in [-0.39, 0.29) is 5.54 Å². The van der Waals surface area contributed by atoms with Gasteiger partial charge in [-0.1, -0.05) is 6.92 Å². The summed E-state index contributed by atoms with van der Waals surface area (Å²) in [6.45, 7) is 4.42. The molecule has 2 aromatic rings. The second kappa shape index (κ2) is 4.63. The summed E-state index contributed by atoms with van der Waals surface area (Å²) < 4.78 is 5.57. The number of ether oxygens (including phenoxy) is 1. The lowest BCUT2D eigenvalue weighted by atomic mass is 10.0. The van der Waals surface area contributed by atoms with Gasteiger partial charge in [0.1, 0.15) is 12.1 Å². The smallest absolute Gasteiger partial charge is 0.215 e. The molecule has 0 spiro atoms. The maximum Gasteiger partial charge on any atom is 0.215 e. The Balaban J connectivity index is 2.14. The number of rotatable bonds is 4. The number of nitrogens with two attached hydrogens (primary N) is 1. The predicted molar refractivity (Wildman–Crippen MR) is 65.7 cm³/mol. The van der Waals surface area contributed by atoms with E-state index in [0.717, 1.165) is 11.9 Å². The number of nitrogens with zero attached hydrogens (tertiary/aromatic N) is 3. The van der Waals surface area contributed by atoms with Crippen molar-refractivity contribution in [2.45, 2.75) is 25.8 Å². The van der Waals surface area contributed by atoms with E-state index in [0.29, 0.717) is 18.1 Å². The van der Waals surface area contributed by atoms with Gasteiger partial charge >= 0.3 is 0 Å². The Kier molecular flexibility index (Phi) is 3.19. The molecule has 0 saturated carbocycles. The molecule has 17 heavy (non-hydrogen) atoms. The van der Waals surface area contributed by atoms with Gasteiger partial charge in [-0.2, -0.15) is 4.98 Å². The fourth-order valence-corrected chi connectivity index (χ4v) is 1.26. The maximum absolute atomic E-state index is 6.00. The van der Waals surface area contributed by atoms with Crippen molar-refractivity contribution in [3.8, 4) is 5.88 Å². The molecule has 2 aromatic heterocycles. The van der Waals surface area contributed by atoms with E-state index in [1.807, 2.05) is 19.9 Å². The molecular formula is C12H16N4O. The summed E-state index contributed by atoms with van der Waals surface area (Å²) in [5.41, 5.74) is 7.00. The minimum Gasteiger partial charge on any atom is -0.476 e. The maximum atomic E-state index is 6.00. The van der Waals surface area contributed by atoms with Gasteiger partial charge in [0.2, 0.25) is 5.88 Å². The van der Waals surface area contributed by atoms with Crippen LogP contribution in [0.2, 0.25) is 0 Å². The molecule has 5 heteroatoms. The Morgan fingerprint density at radius 3 is 2.82 bits per heavy atom. The molecule has 0 fully saturated rings. The number of fused-ring (bicyclic) bond motifs is 1. The van der Waals surface area contributed by atoms with Gasteiger partial charge in [0.15, 0.2) is 5.65 Å². The van der Waals surface area contributed by atoms with E-state index in [2.05, 4.69) is 15.0 Å². The van der Waals surface area contributed by atoms with Crippen molar-refractivity contribution in [3.63, 3.8) is 0 Å². The molecule has 0 aromatic carbocycles. The Bertz CT molecular complexity index is 513. The Labute approximate surface area is 100 Å². The van der Waals surface area contributed by atoms with Gasteiger partial charge in [-0.05, 0) is 19.4 Å². The third kappa shape index (κ3) is 2.88. The number of hydrogen-bond donors (Lipinski definition) is 1. The van der Waals surface area contributed by atoms with Crippen LogP contribution in [0.15, 0.2) is 24.5 Å². The first kappa shape index (κ1) is 11.7. The molecule has 2 heterocycles. The number of hydrogen-bond acceptors (Lipinski definition) is 5. The molecule has 0 aliphatic heterocycles. The van der Waals surface area contributed by atoms with Crippen LogP contribution in [0, 0.1) is 0 Å². The van der Waals surface area contributed by atoms with Crippen LogP contribution in [0.25, 0.3) is 11.2 Å². The third-order valence-electron chi connectivity index (χ3n) is 2.66. The summed E-state index contributed by atoms with van der Waals surface area (Å²) in [6.07, 6.45) is 4.09. The highest BCUT2D eigenvalue weighted by Gasteiger charge is 2.16. The first-order valence-electron chi connectivity index (χ1n) is 5.60. The first-order valence-corrected chi connectivity index (χ1v) is 5.60. The van der Waals surface area contributed by atoms with E-state index in [1.165, 1.54) is 0 Å². The molecule has 0 aliphatic carbocycles. The molecule has 2 N–H and O–H groups in total. The van der Waals surface area contributed by atoms with E-state index in [4.69, 9.17) is 10.5 Å². The monoisotopic (exact) mass is 232 g/mol. The lowest BCUT2D eigenvalue weighted by Crippen LogP contribution is -2.41. The molecule has 0 saturated heterocycles. The van der Waals surface area contributed by atoms with Crippen LogP contribution in [0.4, 0.5) is 0 Å². The van der Waals surface area contributed by atoms with Gasteiger partial charge in [0.25, 0.3) is 0 Å². The van der Waals surface area contributed by atoms with Crippen molar-refractivity contribution in [2.75, 3.05) is 6.61 Å². The topological polar surface area (TPSA) is 73.9 Å². The average molecular weight is 232 g/mol. The summed E-state index contributed by atoms with van der Waals surface area (Å²) in [6, 6.07) is 3.62. The summed E-state index contributed by atoms with van der Waals surface area (Å²) >= 11 is 0. The highest BCUT2D eigenvalue weighted by Crippen LogP contribution is 2.14. The zero-order valence-electron chi connectivity index (χ0n) is 10.1. The minimum absolute atomic E-state index is 0.334. The van der Waals surface area contributed by atoms with Crippen molar-refractivity contribution in [1.29, 1.82) is 0 Å². The third-order valence-corrected chi connectivity index (χ3v) is 2.66. The Morgan fingerprint density at radius 1 is 1.29 bits per heavy atom. The van der Waals surface area contributed by atoms with Gasteiger partial charge in [0, 0.05) is 24.0 Å². The van der Waals surface area contributed by atoms with Gasteiger partial charge in [-0.3, -0.25) is 4.98 Å². The Hall–Kier alpha value is -1.75. The molecule has 0 radical (unpaired) electrons. The zero-order valence-corrected chi connectivity index (χ0v) is 10.1. The minimum atomic E-state index is -0.334. The van der Waals surface area contributed by atoms with Crippen LogP contribution < -0.4 is 10.5 Å². The summed E-state index contributed by atoms with van der Waals surface area (Å²) in [4.78, 5) is 12.5. The van der Waals surface area contributed by atoms with Crippen LogP contribution in [0.3, 0.4) is 0 Å². The largest absolute Gasteiger partial charge is 0.476 e. The molecule has 1 unspecified atom stereocenters. The van der Waals surface area contributed by atoms with E-state index in [9.17, 15) is 0 Å². The van der Waals surface area contributed by atoms with Crippen molar-refractivity contribution in [3.05, 3.63) is 24.5 Å². The summed E-state index contributed by atoms with van der Waals surface area (Å²) in [5.74, 6) is 0.531. The standard InChI is InChI=1S/C12H16N4O/c1-3-12(2,13)8-17-10-5-4-9-11(16-10)15-7-6-14-9/h4-7H,3,8,13H2,1-2H3. The zero-order chi connectivity index (χ0) is 12.3. The second-order valence-corrected chi connectivity index (χ2v) is 4.34. The van der Waals surface area contributed by atoms with Crippen LogP contribution in [0.5, 0.6) is 5.88 Å². The van der Waals surface area contributed by atoms with Crippen molar-refractivity contribution >= 4 is 11.2 Å². The van der Waals surface area contributed by atoms with E-state index in [1.54, 1.807) is 18.5 Å². The van der Waals surface area contributed by atoms with Crippen LogP contribution in [-0.4, -0.2) is 27.1 Å². The quantitative estimate of drug-likeness (QED) is 0.865. The molecule has 2 rings (SSSR count). The van der Waals surface area contributed by atoms with Crippen molar-refractivity contribution in [1.82, 2.24) is 15.0 Å². The molecule has 0 amide bonds. The highest BCUT2D eigenvalue weighted by atomic mass is 16.5. The van der Waals surface area contributed by atoms with E-state index >= 15 is 0 Å². The fourth-order valence-electron chi connectivity index (χ4n) is 1.26. The SMILES string of the molecule is CCC(C)(N)COc1ccc2nccnc2n1. The number of aromatic nitrogens is 3. The lowest BCUT2D eigenvalue weighted by Gasteiger charge is -2.22. The lowest BCUT2D eigenvalue weighted by molar-refractivity contribution is 0.219. The molecule has 90 valence electrons. The molecular weight excluding hydrogens is 216 g/mol. The van der Waals surface area contributed by atoms with Gasteiger partial charge in [-0.25, -0.2) is 4.98 Å². The van der Waals surface area contributed by atoms with E-state index < -0.39 is 0 Å². The summed E-state index contributed by atoms with van der Waals surface area (Å²) in [7, 11) is 0. The molecule has 0 aliphatic rings. The highest BCUT2D eigenvalue weighted by molar-refractivity contribution is 5.69. The molecule has 0 bridgehead atoms. The fraction of sp³-hybridized carbons (Fsp3) is 0.417.